The number of aromatic nitrogens is 1. The summed E-state index contributed by atoms with van der Waals surface area (Å²) in [7, 11) is 0. The highest BCUT2D eigenvalue weighted by Crippen LogP contribution is 2.32. The summed E-state index contributed by atoms with van der Waals surface area (Å²) < 4.78 is 32.7. The van der Waals surface area contributed by atoms with Crippen LogP contribution < -0.4 is 0 Å². The van der Waals surface area contributed by atoms with Crippen molar-refractivity contribution in [2.75, 3.05) is 6.61 Å². The Balaban J connectivity index is 2.25. The van der Waals surface area contributed by atoms with E-state index in [0.717, 1.165) is 19.3 Å². The number of allylic oxidation sites excluding steroid dienone is 1. The number of ether oxygens (including phenoxy) is 1. The molecule has 1 unspecified atom stereocenters. The van der Waals surface area contributed by atoms with Gasteiger partial charge >= 0.3 is 0 Å². The van der Waals surface area contributed by atoms with E-state index in [0.29, 0.717) is 12.3 Å². The quantitative estimate of drug-likeness (QED) is 0.727. The van der Waals surface area contributed by atoms with Crippen LogP contribution in [0, 0.1) is 0 Å². The number of aromatic hydroxyl groups is 1. The molecule has 1 aromatic heterocycles. The van der Waals surface area contributed by atoms with Gasteiger partial charge in [0.2, 0.25) is 0 Å². The van der Waals surface area contributed by atoms with E-state index in [9.17, 15) is 13.9 Å². The number of nitrogens with zero attached hydrogens (tertiary/aromatic N) is 3. The summed E-state index contributed by atoms with van der Waals surface area (Å²) in [5.41, 5.74) is 0.534. The van der Waals surface area contributed by atoms with Crippen molar-refractivity contribution in [2.45, 2.75) is 52.2 Å². The van der Waals surface area contributed by atoms with E-state index in [2.05, 4.69) is 17.0 Å². The van der Waals surface area contributed by atoms with Gasteiger partial charge in [-0.05, 0) is 25.5 Å². The summed E-state index contributed by atoms with van der Waals surface area (Å²) in [5.74, 6) is -0.0207. The van der Waals surface area contributed by atoms with Gasteiger partial charge in [-0.1, -0.05) is 19.8 Å². The van der Waals surface area contributed by atoms with Crippen LogP contribution in [0.3, 0.4) is 0 Å². The molecule has 0 aliphatic carbocycles. The molecule has 24 heavy (non-hydrogen) atoms. The Bertz CT molecular complexity index is 588. The lowest BCUT2D eigenvalue weighted by atomic mass is 10.1. The van der Waals surface area contributed by atoms with Crippen molar-refractivity contribution in [3.05, 3.63) is 29.6 Å². The largest absolute Gasteiger partial charge is 0.506 e. The van der Waals surface area contributed by atoms with E-state index in [-0.39, 0.29) is 23.4 Å². The molecule has 0 aromatic carbocycles. The van der Waals surface area contributed by atoms with Crippen LogP contribution in [0.15, 0.2) is 29.0 Å². The van der Waals surface area contributed by atoms with Crippen molar-refractivity contribution >= 4 is 11.9 Å². The van der Waals surface area contributed by atoms with Crippen LogP contribution in [0.1, 0.15) is 45.2 Å². The molecule has 0 spiro atoms. The topological polar surface area (TPSA) is 58.0 Å². The van der Waals surface area contributed by atoms with Crippen molar-refractivity contribution in [2.24, 2.45) is 5.10 Å². The molecule has 0 amide bonds. The third-order valence-corrected chi connectivity index (χ3v) is 3.76. The van der Waals surface area contributed by atoms with E-state index < -0.39 is 12.7 Å². The SMILES string of the molecule is CCCCCOC(C)N1N=CCC(C(F)F)=C1c1ccc(O)cn1. The van der Waals surface area contributed by atoms with E-state index >= 15 is 0 Å². The minimum Gasteiger partial charge on any atom is -0.506 e. The van der Waals surface area contributed by atoms with Crippen LogP contribution in [0.2, 0.25) is 0 Å². The predicted molar refractivity (Wildman–Crippen MR) is 88.7 cm³/mol. The molecule has 1 aliphatic rings. The first-order valence-corrected chi connectivity index (χ1v) is 8.14. The molecule has 2 rings (SSSR count). The highest BCUT2D eigenvalue weighted by Gasteiger charge is 2.29. The van der Waals surface area contributed by atoms with E-state index in [1.165, 1.54) is 29.6 Å². The number of unbranched alkanes of at least 4 members (excludes halogenated alkanes) is 2. The number of alkyl halides is 2. The monoisotopic (exact) mass is 339 g/mol. The number of pyridine rings is 1. The lowest BCUT2D eigenvalue weighted by Gasteiger charge is -2.32. The number of hydrazone groups is 1. The smallest absolute Gasteiger partial charge is 0.262 e. The second-order valence-electron chi connectivity index (χ2n) is 5.60. The van der Waals surface area contributed by atoms with E-state index in [4.69, 9.17) is 4.74 Å². The number of halogens is 2. The first-order chi connectivity index (χ1) is 11.5. The van der Waals surface area contributed by atoms with Crippen molar-refractivity contribution < 1.29 is 18.6 Å². The molecule has 1 aliphatic heterocycles. The maximum atomic E-state index is 13.5. The molecule has 1 N–H and O–H groups in total. The predicted octanol–water partition coefficient (Wildman–Crippen LogP) is 4.01. The Morgan fingerprint density at radius 3 is 2.75 bits per heavy atom. The van der Waals surface area contributed by atoms with Gasteiger partial charge < -0.3 is 9.84 Å². The molecule has 0 saturated heterocycles. The van der Waals surface area contributed by atoms with Crippen LogP contribution in [-0.4, -0.2) is 40.6 Å². The summed E-state index contributed by atoms with van der Waals surface area (Å²) in [6.45, 7) is 4.42. The van der Waals surface area contributed by atoms with Gasteiger partial charge in [0.25, 0.3) is 6.43 Å². The van der Waals surface area contributed by atoms with Gasteiger partial charge in [-0.15, -0.1) is 0 Å². The third kappa shape index (κ3) is 4.50. The second-order valence-corrected chi connectivity index (χ2v) is 5.60. The Morgan fingerprint density at radius 1 is 1.33 bits per heavy atom. The van der Waals surface area contributed by atoms with Crippen LogP contribution in [0.4, 0.5) is 8.78 Å². The molecular formula is C17H23F2N3O2. The molecule has 7 heteroatoms. The van der Waals surface area contributed by atoms with Crippen LogP contribution >= 0.6 is 0 Å². The summed E-state index contributed by atoms with van der Waals surface area (Å²) in [6.07, 6.45) is 2.70. The summed E-state index contributed by atoms with van der Waals surface area (Å²) in [5, 5.41) is 15.0. The molecule has 132 valence electrons. The van der Waals surface area contributed by atoms with Gasteiger partial charge in [-0.2, -0.15) is 5.10 Å². The van der Waals surface area contributed by atoms with E-state index in [1.807, 2.05) is 0 Å². The Morgan fingerprint density at radius 2 is 2.12 bits per heavy atom. The zero-order chi connectivity index (χ0) is 17.5. The van der Waals surface area contributed by atoms with Crippen molar-refractivity contribution in [3.8, 4) is 5.75 Å². The van der Waals surface area contributed by atoms with Gasteiger partial charge in [-0.3, -0.25) is 4.98 Å². The van der Waals surface area contributed by atoms with Crippen molar-refractivity contribution in [3.63, 3.8) is 0 Å². The zero-order valence-electron chi connectivity index (χ0n) is 14.0. The Labute approximate surface area is 140 Å². The minimum atomic E-state index is -2.61. The molecule has 5 nitrogen and oxygen atoms in total. The fourth-order valence-electron chi connectivity index (χ4n) is 2.48. The molecule has 0 bridgehead atoms. The molecule has 1 atom stereocenters. The Hall–Kier alpha value is -2.02. The molecule has 0 radical (unpaired) electrons. The number of hydrogen-bond donors (Lipinski definition) is 1. The second kappa shape index (κ2) is 8.73. The standard InChI is InChI=1S/C17H23F2N3O2/c1-3-4-5-10-24-12(2)22-16(14(17(18)19)8-9-21-22)15-7-6-13(23)11-20-15/h6-7,9,11-12,17,23H,3-5,8,10H2,1-2H3. The summed E-state index contributed by atoms with van der Waals surface area (Å²) in [6, 6.07) is 2.92. The molecule has 1 aromatic rings. The van der Waals surface area contributed by atoms with Gasteiger partial charge in [-0.25, -0.2) is 13.8 Å². The van der Waals surface area contributed by atoms with Crippen LogP contribution in [0.25, 0.3) is 5.70 Å². The molecule has 2 heterocycles. The van der Waals surface area contributed by atoms with Gasteiger partial charge in [0.15, 0.2) is 0 Å². The fraction of sp³-hybridized carbons (Fsp3) is 0.529. The minimum absolute atomic E-state index is 0.0207. The number of rotatable bonds is 8. The summed E-state index contributed by atoms with van der Waals surface area (Å²) in [4.78, 5) is 4.06. The van der Waals surface area contributed by atoms with Crippen molar-refractivity contribution in [1.29, 1.82) is 0 Å². The third-order valence-electron chi connectivity index (χ3n) is 3.76. The lowest BCUT2D eigenvalue weighted by Crippen LogP contribution is -2.33. The maximum absolute atomic E-state index is 13.5. The zero-order valence-corrected chi connectivity index (χ0v) is 14.0. The van der Waals surface area contributed by atoms with E-state index in [1.54, 1.807) is 6.92 Å². The normalized spacial score (nSPS) is 16.1. The molecular weight excluding hydrogens is 316 g/mol. The first kappa shape index (κ1) is 18.3. The molecule has 0 saturated carbocycles. The highest BCUT2D eigenvalue weighted by atomic mass is 19.3. The maximum Gasteiger partial charge on any atom is 0.262 e. The highest BCUT2D eigenvalue weighted by molar-refractivity contribution is 5.75. The van der Waals surface area contributed by atoms with Crippen molar-refractivity contribution in [1.82, 2.24) is 9.99 Å². The lowest BCUT2D eigenvalue weighted by molar-refractivity contribution is -0.0204. The van der Waals surface area contributed by atoms with Crippen LogP contribution in [-0.2, 0) is 4.74 Å². The van der Waals surface area contributed by atoms with Gasteiger partial charge in [0.1, 0.15) is 12.0 Å². The summed E-state index contributed by atoms with van der Waals surface area (Å²) >= 11 is 0. The van der Waals surface area contributed by atoms with Gasteiger partial charge in [0, 0.05) is 24.8 Å². The average Bonchev–Trinajstić information content (AvgIpc) is 2.58. The number of hydrogen-bond acceptors (Lipinski definition) is 5. The van der Waals surface area contributed by atoms with Gasteiger partial charge in [0.05, 0.1) is 17.6 Å². The fourth-order valence-corrected chi connectivity index (χ4v) is 2.48. The average molecular weight is 339 g/mol. The Kier molecular flexibility index (Phi) is 6.66. The first-order valence-electron chi connectivity index (χ1n) is 8.14. The molecule has 0 fully saturated rings. The van der Waals surface area contributed by atoms with Crippen LogP contribution in [0.5, 0.6) is 5.75 Å².